The molecule has 6 nitrogen and oxygen atoms in total. The van der Waals surface area contributed by atoms with Crippen molar-refractivity contribution < 1.29 is 9.53 Å². The smallest absolute Gasteiger partial charge is 0.263 e. The van der Waals surface area contributed by atoms with E-state index in [9.17, 15) is 4.79 Å². The number of amides is 1. The number of nitrogens with zero attached hydrogens (tertiary/aromatic N) is 1. The molecule has 7 heteroatoms. The van der Waals surface area contributed by atoms with E-state index in [1.54, 1.807) is 7.11 Å². The van der Waals surface area contributed by atoms with Crippen LogP contribution < -0.4 is 21.1 Å². The molecule has 1 aliphatic rings. The Hall–Kier alpha value is -1.47. The van der Waals surface area contributed by atoms with E-state index in [1.165, 1.54) is 11.3 Å². The highest BCUT2D eigenvalue weighted by molar-refractivity contribution is 7.19. The normalized spacial score (nSPS) is 19.1. The molecule has 1 aliphatic heterocycles. The third-order valence-corrected chi connectivity index (χ3v) is 4.49. The fourth-order valence-corrected chi connectivity index (χ4v) is 3.46. The van der Waals surface area contributed by atoms with Crippen molar-refractivity contribution in [3.63, 3.8) is 0 Å². The number of nitrogens with two attached hydrogens (primary N) is 1. The fourth-order valence-electron chi connectivity index (χ4n) is 2.37. The van der Waals surface area contributed by atoms with Gasteiger partial charge in [0.05, 0.1) is 7.11 Å². The number of nitrogens with one attached hydrogen (secondary N) is 2. The van der Waals surface area contributed by atoms with Gasteiger partial charge in [0.15, 0.2) is 5.75 Å². The molecular formula is C13H22N4O2S. The largest absolute Gasteiger partial charge is 0.492 e. The Kier molecular flexibility index (Phi) is 4.72. The Morgan fingerprint density at radius 3 is 2.90 bits per heavy atom. The predicted molar refractivity (Wildman–Crippen MR) is 82.8 cm³/mol. The first-order chi connectivity index (χ1) is 9.56. The van der Waals surface area contributed by atoms with Gasteiger partial charge in [0.1, 0.15) is 15.6 Å². The van der Waals surface area contributed by atoms with Crippen LogP contribution in [0.5, 0.6) is 5.75 Å². The number of likely N-dealkylation sites (N-methyl/N-ethyl adjacent to an activating group) is 1. The van der Waals surface area contributed by atoms with E-state index in [-0.39, 0.29) is 5.91 Å². The van der Waals surface area contributed by atoms with Crippen LogP contribution in [0.1, 0.15) is 23.0 Å². The molecule has 1 fully saturated rings. The highest BCUT2D eigenvalue weighted by Gasteiger charge is 2.25. The number of thiophene rings is 1. The van der Waals surface area contributed by atoms with Gasteiger partial charge in [-0.05, 0) is 26.9 Å². The second-order valence-electron chi connectivity index (χ2n) is 4.96. The number of hydrogen-bond donors (Lipinski definition) is 3. The maximum Gasteiger partial charge on any atom is 0.263 e. The first-order valence-electron chi connectivity index (χ1n) is 6.76. The van der Waals surface area contributed by atoms with Gasteiger partial charge < -0.3 is 26.0 Å². The van der Waals surface area contributed by atoms with Gasteiger partial charge >= 0.3 is 0 Å². The van der Waals surface area contributed by atoms with Crippen molar-refractivity contribution in [2.75, 3.05) is 44.8 Å². The van der Waals surface area contributed by atoms with Crippen LogP contribution in [0.25, 0.3) is 0 Å². The van der Waals surface area contributed by atoms with Gasteiger partial charge in [-0.3, -0.25) is 4.79 Å². The molecule has 0 aliphatic carbocycles. The molecule has 1 amide bonds. The zero-order chi connectivity index (χ0) is 14.7. The summed E-state index contributed by atoms with van der Waals surface area (Å²) in [5.41, 5.74) is 6.44. The highest BCUT2D eigenvalue weighted by atomic mass is 32.1. The van der Waals surface area contributed by atoms with Crippen LogP contribution in [0, 0.1) is 0 Å². The molecule has 4 N–H and O–H groups in total. The van der Waals surface area contributed by atoms with Crippen LogP contribution in [0.15, 0.2) is 0 Å². The third-order valence-electron chi connectivity index (χ3n) is 3.37. The van der Waals surface area contributed by atoms with Gasteiger partial charge in [-0.25, -0.2) is 0 Å². The molecule has 0 saturated carbocycles. The van der Waals surface area contributed by atoms with E-state index in [0.29, 0.717) is 28.9 Å². The zero-order valence-corrected chi connectivity index (χ0v) is 13.0. The quantitative estimate of drug-likeness (QED) is 0.761. The minimum atomic E-state index is -0.148. The molecule has 1 aromatic heterocycles. The maximum absolute atomic E-state index is 12.0. The molecule has 2 heterocycles. The summed E-state index contributed by atoms with van der Waals surface area (Å²) in [6.07, 6.45) is 1.08. The molecular weight excluding hydrogens is 276 g/mol. The Bertz CT molecular complexity index is 489. The minimum Gasteiger partial charge on any atom is -0.492 e. The molecule has 1 aromatic rings. The van der Waals surface area contributed by atoms with Crippen LogP contribution in [0.4, 0.5) is 10.7 Å². The summed E-state index contributed by atoms with van der Waals surface area (Å²) in [5, 5.41) is 7.05. The highest BCUT2D eigenvalue weighted by Crippen LogP contribution is 2.43. The number of carbonyl (C=O) groups excluding carboxylic acids is 1. The lowest BCUT2D eigenvalue weighted by molar-refractivity contribution is 0.0960. The lowest BCUT2D eigenvalue weighted by Crippen LogP contribution is -2.23. The summed E-state index contributed by atoms with van der Waals surface area (Å²) in [6.45, 7) is 4.52. The van der Waals surface area contributed by atoms with E-state index in [4.69, 9.17) is 10.5 Å². The monoisotopic (exact) mass is 298 g/mol. The summed E-state index contributed by atoms with van der Waals surface area (Å²) in [6, 6.07) is 0.369. The SMILES string of the molecule is CCNC(=O)c1sc(NC2CCN(C)C2)c(OC)c1N. The Morgan fingerprint density at radius 2 is 2.35 bits per heavy atom. The molecule has 0 aromatic carbocycles. The van der Waals surface area contributed by atoms with Gasteiger partial charge in [0.2, 0.25) is 0 Å². The second-order valence-corrected chi connectivity index (χ2v) is 5.98. The summed E-state index contributed by atoms with van der Waals surface area (Å²) >= 11 is 1.36. The van der Waals surface area contributed by atoms with Crippen LogP contribution >= 0.6 is 11.3 Å². The van der Waals surface area contributed by atoms with Crippen molar-refractivity contribution in [3.8, 4) is 5.75 Å². The summed E-state index contributed by atoms with van der Waals surface area (Å²) in [7, 11) is 3.67. The minimum absolute atomic E-state index is 0.148. The van der Waals surface area contributed by atoms with Crippen molar-refractivity contribution in [1.82, 2.24) is 10.2 Å². The fraction of sp³-hybridized carbons (Fsp3) is 0.615. The number of carbonyl (C=O) groups is 1. The average Bonchev–Trinajstić information content (AvgIpc) is 2.94. The molecule has 0 spiro atoms. The zero-order valence-electron chi connectivity index (χ0n) is 12.2. The van der Waals surface area contributed by atoms with Crippen molar-refractivity contribution in [1.29, 1.82) is 0 Å². The first-order valence-corrected chi connectivity index (χ1v) is 7.58. The van der Waals surface area contributed by atoms with Crippen molar-refractivity contribution in [2.45, 2.75) is 19.4 Å². The second kappa shape index (κ2) is 6.32. The molecule has 0 bridgehead atoms. The molecule has 112 valence electrons. The molecule has 1 unspecified atom stereocenters. The Labute approximate surface area is 123 Å². The van der Waals surface area contributed by atoms with E-state index in [2.05, 4.69) is 22.6 Å². The Balaban J connectivity index is 2.19. The maximum atomic E-state index is 12.0. The number of anilines is 2. The van der Waals surface area contributed by atoms with Gasteiger partial charge in [-0.1, -0.05) is 0 Å². The molecule has 1 saturated heterocycles. The number of rotatable bonds is 5. The predicted octanol–water partition coefficient (Wildman–Crippen LogP) is 1.20. The third kappa shape index (κ3) is 2.99. The molecule has 20 heavy (non-hydrogen) atoms. The van der Waals surface area contributed by atoms with Gasteiger partial charge in [-0.2, -0.15) is 0 Å². The lowest BCUT2D eigenvalue weighted by Gasteiger charge is -2.13. The number of likely N-dealkylation sites (tertiary alicyclic amines) is 1. The van der Waals surface area contributed by atoms with Crippen LogP contribution in [-0.4, -0.2) is 50.6 Å². The number of nitrogen functional groups attached to an aromatic ring is 1. The van der Waals surface area contributed by atoms with E-state index >= 15 is 0 Å². The number of hydrogen-bond acceptors (Lipinski definition) is 6. The lowest BCUT2D eigenvalue weighted by atomic mass is 10.2. The van der Waals surface area contributed by atoms with E-state index < -0.39 is 0 Å². The average molecular weight is 298 g/mol. The van der Waals surface area contributed by atoms with Crippen molar-refractivity contribution in [2.24, 2.45) is 0 Å². The standard InChI is InChI=1S/C13H22N4O2S/c1-4-15-12(18)11-9(14)10(19-3)13(20-11)16-8-5-6-17(2)7-8/h8,16H,4-7,14H2,1-3H3,(H,15,18). The van der Waals surface area contributed by atoms with Crippen LogP contribution in [-0.2, 0) is 0 Å². The van der Waals surface area contributed by atoms with Crippen LogP contribution in [0.2, 0.25) is 0 Å². The molecule has 0 radical (unpaired) electrons. The first kappa shape index (κ1) is 14.9. The summed E-state index contributed by atoms with van der Waals surface area (Å²) in [4.78, 5) is 14.7. The molecule has 1 atom stereocenters. The van der Waals surface area contributed by atoms with E-state index in [0.717, 1.165) is 24.5 Å². The summed E-state index contributed by atoms with van der Waals surface area (Å²) in [5.74, 6) is 0.427. The Morgan fingerprint density at radius 1 is 1.60 bits per heavy atom. The van der Waals surface area contributed by atoms with Crippen molar-refractivity contribution >= 4 is 27.9 Å². The molecule has 2 rings (SSSR count). The van der Waals surface area contributed by atoms with E-state index in [1.807, 2.05) is 6.92 Å². The van der Waals surface area contributed by atoms with Gasteiger partial charge in [0, 0.05) is 19.1 Å². The number of methoxy groups -OCH3 is 1. The topological polar surface area (TPSA) is 79.6 Å². The van der Waals surface area contributed by atoms with Gasteiger partial charge in [-0.15, -0.1) is 11.3 Å². The number of ether oxygens (including phenoxy) is 1. The van der Waals surface area contributed by atoms with Gasteiger partial charge in [0.25, 0.3) is 5.91 Å². The summed E-state index contributed by atoms with van der Waals surface area (Å²) < 4.78 is 5.35. The van der Waals surface area contributed by atoms with Crippen LogP contribution in [0.3, 0.4) is 0 Å². The van der Waals surface area contributed by atoms with Crippen molar-refractivity contribution in [3.05, 3.63) is 4.88 Å².